The van der Waals surface area contributed by atoms with Gasteiger partial charge in [0.2, 0.25) is 5.60 Å². The molecule has 2 fully saturated rings. The molecule has 6 atom stereocenters. The Bertz CT molecular complexity index is 1480. The van der Waals surface area contributed by atoms with Gasteiger partial charge >= 0.3 is 13.7 Å². The molecule has 1 saturated heterocycles. The first-order valence-electron chi connectivity index (χ1n) is 13.1. The number of anilines is 1. The molecule has 218 valence electrons. The smallest absolute Gasteiger partial charge is 0.459 e. The molecule has 15 heteroatoms. The Morgan fingerprint density at radius 2 is 2.07 bits per heavy atom. The predicted octanol–water partition coefficient (Wildman–Crippen LogP) is 1.89. The minimum Gasteiger partial charge on any atom is -0.464 e. The molecule has 41 heavy (non-hydrogen) atoms. The van der Waals surface area contributed by atoms with Gasteiger partial charge in [-0.15, -0.1) is 0 Å². The van der Waals surface area contributed by atoms with E-state index < -0.39 is 50.3 Å². The third-order valence-electron chi connectivity index (χ3n) is 7.25. The number of hydrogen-bond acceptors (Lipinski definition) is 12. The highest BCUT2D eigenvalue weighted by molar-refractivity contribution is 7.52. The number of carbonyl (C=O) groups excluding carboxylic acids is 1. The maximum Gasteiger partial charge on any atom is 0.459 e. The summed E-state index contributed by atoms with van der Waals surface area (Å²) < 4.78 is 37.8. The van der Waals surface area contributed by atoms with Crippen LogP contribution < -0.4 is 15.3 Å². The van der Waals surface area contributed by atoms with Crippen LogP contribution >= 0.6 is 7.75 Å². The average molecular weight is 587 g/mol. The number of carbonyl (C=O) groups is 1. The monoisotopic (exact) mass is 586 g/mol. The lowest BCUT2D eigenvalue weighted by Crippen LogP contribution is -2.46. The largest absolute Gasteiger partial charge is 0.464 e. The minimum absolute atomic E-state index is 0.159. The number of benzene rings is 1. The van der Waals surface area contributed by atoms with E-state index in [0.29, 0.717) is 17.1 Å². The number of aromatic nitrogens is 3. The maximum atomic E-state index is 13.9. The first kappa shape index (κ1) is 28.9. The molecule has 0 unspecified atom stereocenters. The summed E-state index contributed by atoms with van der Waals surface area (Å²) in [4.78, 5) is 16.5. The molecule has 5 N–H and O–H groups in total. The van der Waals surface area contributed by atoms with Gasteiger partial charge in [0.1, 0.15) is 54.6 Å². The molecule has 1 aliphatic carbocycles. The molecule has 1 aliphatic heterocycles. The molecule has 2 aromatic heterocycles. The zero-order chi connectivity index (χ0) is 29.2. The predicted molar refractivity (Wildman–Crippen MR) is 143 cm³/mol. The first-order chi connectivity index (χ1) is 19.6. The van der Waals surface area contributed by atoms with E-state index in [1.807, 2.05) is 6.07 Å². The number of rotatable bonds is 11. The van der Waals surface area contributed by atoms with Gasteiger partial charge in [-0.2, -0.15) is 15.4 Å². The standard InChI is InChI=1S/C26H31N6O8P/c1-16(25(35)37-12-17-6-5-7-17)31-41(36,40-18-8-3-2-4-9-18)38-14-26(13-27)23(34)21(33)22(39-26)19-10-11-20-24(28)29-15-30-32(19)20/h2-4,8-11,15-17,21-23,33-34H,5-7,12,14H2,1H3,(H,31,36)(H2,28,29,30)/t16-,21-,22-,23-,26+,41+/m0/s1. The lowest BCUT2D eigenvalue weighted by molar-refractivity contribution is -0.147. The zero-order valence-electron chi connectivity index (χ0n) is 22.2. The fourth-order valence-electron chi connectivity index (χ4n) is 4.64. The Labute approximate surface area is 235 Å². The summed E-state index contributed by atoms with van der Waals surface area (Å²) in [6, 6.07) is 12.0. The van der Waals surface area contributed by atoms with Crippen molar-refractivity contribution in [2.45, 2.75) is 56.1 Å². The number of aliphatic hydroxyl groups excluding tert-OH is 2. The average Bonchev–Trinajstić information content (AvgIpc) is 3.47. The normalized spacial score (nSPS) is 26.5. The van der Waals surface area contributed by atoms with E-state index in [9.17, 15) is 24.8 Å². The number of nitrogens with one attached hydrogen (secondary N) is 1. The van der Waals surface area contributed by atoms with Gasteiger partial charge in [-0.1, -0.05) is 24.6 Å². The van der Waals surface area contributed by atoms with Crippen molar-refractivity contribution >= 4 is 25.1 Å². The summed E-state index contributed by atoms with van der Waals surface area (Å²) >= 11 is 0. The molecule has 0 spiro atoms. The highest BCUT2D eigenvalue weighted by Crippen LogP contribution is 2.48. The van der Waals surface area contributed by atoms with Crippen molar-refractivity contribution in [2.75, 3.05) is 18.9 Å². The van der Waals surface area contributed by atoms with Crippen molar-refractivity contribution in [1.29, 1.82) is 5.26 Å². The van der Waals surface area contributed by atoms with E-state index in [0.717, 1.165) is 19.3 Å². The Morgan fingerprint density at radius 3 is 2.76 bits per heavy atom. The van der Waals surface area contributed by atoms with Crippen molar-refractivity contribution in [3.8, 4) is 11.8 Å². The Morgan fingerprint density at radius 1 is 1.32 bits per heavy atom. The third kappa shape index (κ3) is 5.92. The van der Waals surface area contributed by atoms with Crippen LogP contribution in [0.25, 0.3) is 5.52 Å². The van der Waals surface area contributed by atoms with Crippen LogP contribution in [-0.4, -0.2) is 67.8 Å². The van der Waals surface area contributed by atoms with Crippen LogP contribution in [0.3, 0.4) is 0 Å². The number of nitriles is 1. The number of esters is 1. The summed E-state index contributed by atoms with van der Waals surface area (Å²) in [5, 5.41) is 38.6. The van der Waals surface area contributed by atoms with Gasteiger partial charge in [-0.05, 0) is 49.9 Å². The second kappa shape index (κ2) is 11.7. The molecule has 0 radical (unpaired) electrons. The summed E-state index contributed by atoms with van der Waals surface area (Å²) in [5.74, 6) is -0.000628. The number of para-hydroxylation sites is 1. The summed E-state index contributed by atoms with van der Waals surface area (Å²) in [5.41, 5.74) is 4.45. The van der Waals surface area contributed by atoms with Crippen LogP contribution in [0, 0.1) is 17.2 Å². The molecule has 5 rings (SSSR count). The lowest BCUT2D eigenvalue weighted by Gasteiger charge is -2.29. The van der Waals surface area contributed by atoms with Crippen LogP contribution in [0.4, 0.5) is 5.82 Å². The number of nitrogens with two attached hydrogens (primary N) is 1. The minimum atomic E-state index is -4.39. The fraction of sp³-hybridized carbons (Fsp3) is 0.462. The molecule has 14 nitrogen and oxygen atoms in total. The second-order valence-electron chi connectivity index (χ2n) is 10.1. The number of ether oxygens (including phenoxy) is 2. The van der Waals surface area contributed by atoms with Crippen molar-refractivity contribution in [2.24, 2.45) is 5.92 Å². The Balaban J connectivity index is 1.35. The molecular weight excluding hydrogens is 555 g/mol. The maximum absolute atomic E-state index is 13.9. The molecule has 1 aromatic carbocycles. The van der Waals surface area contributed by atoms with E-state index in [1.165, 1.54) is 29.9 Å². The van der Waals surface area contributed by atoms with Gasteiger partial charge in [0, 0.05) is 0 Å². The molecule has 3 heterocycles. The van der Waals surface area contributed by atoms with Crippen molar-refractivity contribution in [3.63, 3.8) is 0 Å². The molecular formula is C26H31N6O8P. The summed E-state index contributed by atoms with van der Waals surface area (Å²) in [7, 11) is -4.39. The highest BCUT2D eigenvalue weighted by atomic mass is 31.2. The summed E-state index contributed by atoms with van der Waals surface area (Å²) in [6.45, 7) is 0.913. The second-order valence-corrected chi connectivity index (χ2v) is 11.8. The lowest BCUT2D eigenvalue weighted by atomic mass is 9.86. The van der Waals surface area contributed by atoms with Crippen LogP contribution in [0.15, 0.2) is 48.8 Å². The van der Waals surface area contributed by atoms with Crippen molar-refractivity contribution in [1.82, 2.24) is 19.7 Å². The fourth-order valence-corrected chi connectivity index (χ4v) is 6.16. The summed E-state index contributed by atoms with van der Waals surface area (Å²) in [6.07, 6.45) is -0.320. The Hall–Kier alpha value is -3.57. The van der Waals surface area contributed by atoms with Crippen molar-refractivity contribution < 1.29 is 38.1 Å². The molecule has 3 aromatic rings. The third-order valence-corrected chi connectivity index (χ3v) is 8.87. The van der Waals surface area contributed by atoms with Crippen LogP contribution in [0.1, 0.15) is 38.0 Å². The van der Waals surface area contributed by atoms with E-state index in [-0.39, 0.29) is 18.2 Å². The van der Waals surface area contributed by atoms with Crippen molar-refractivity contribution in [3.05, 3.63) is 54.5 Å². The highest BCUT2D eigenvalue weighted by Gasteiger charge is 2.57. The van der Waals surface area contributed by atoms with E-state index in [2.05, 4.69) is 15.2 Å². The topological polar surface area (TPSA) is 204 Å². The number of nitrogen functional groups attached to an aromatic ring is 1. The van der Waals surface area contributed by atoms with E-state index >= 15 is 0 Å². The zero-order valence-corrected chi connectivity index (χ0v) is 23.1. The van der Waals surface area contributed by atoms with Crippen LogP contribution in [0.5, 0.6) is 5.75 Å². The van der Waals surface area contributed by atoms with Crippen LogP contribution in [-0.2, 0) is 23.4 Å². The molecule has 0 bridgehead atoms. The Kier molecular flexibility index (Phi) is 8.28. The van der Waals surface area contributed by atoms with E-state index in [1.54, 1.807) is 30.3 Å². The van der Waals surface area contributed by atoms with E-state index in [4.69, 9.17) is 24.3 Å². The van der Waals surface area contributed by atoms with Gasteiger partial charge < -0.3 is 29.9 Å². The SMILES string of the molecule is C[C@H](N[P@@](=O)(OC[C@@]1(C#N)O[C@@H](c2ccc3c(N)ncnn23)[C@H](O)[C@@H]1O)Oc1ccccc1)C(=O)OCC1CCC1. The van der Waals surface area contributed by atoms with Gasteiger partial charge in [0.15, 0.2) is 5.82 Å². The molecule has 0 amide bonds. The molecule has 1 saturated carbocycles. The number of hydrogen-bond donors (Lipinski definition) is 4. The molecule has 2 aliphatic rings. The van der Waals surface area contributed by atoms with Gasteiger partial charge in [0.05, 0.1) is 12.3 Å². The number of fused-ring (bicyclic) bond motifs is 1. The number of nitrogens with zero attached hydrogens (tertiary/aromatic N) is 4. The number of aliphatic hydroxyl groups is 2. The van der Waals surface area contributed by atoms with Crippen LogP contribution in [0.2, 0.25) is 0 Å². The van der Waals surface area contributed by atoms with Gasteiger partial charge in [-0.3, -0.25) is 9.32 Å². The van der Waals surface area contributed by atoms with Gasteiger partial charge in [-0.25, -0.2) is 14.1 Å². The first-order valence-corrected chi connectivity index (χ1v) is 14.7. The van der Waals surface area contributed by atoms with Gasteiger partial charge in [0.25, 0.3) is 0 Å². The quantitative estimate of drug-likeness (QED) is 0.187.